The van der Waals surface area contributed by atoms with Crippen molar-refractivity contribution in [1.29, 1.82) is 0 Å². The van der Waals surface area contributed by atoms with Gasteiger partial charge < -0.3 is 9.72 Å². The Balaban J connectivity index is 2.16. The van der Waals surface area contributed by atoms with Crippen molar-refractivity contribution >= 4 is 23.2 Å². The Kier molecular flexibility index (Phi) is 5.35. The Morgan fingerprint density at radius 1 is 1.15 bits per heavy atom. The lowest BCUT2D eigenvalue weighted by atomic mass is 10.0. The second-order valence-corrected chi connectivity index (χ2v) is 5.90. The second kappa shape index (κ2) is 7.30. The fraction of sp³-hybridized carbons (Fsp3) is 0.278. The monoisotopic (exact) mass is 358 g/mol. The van der Waals surface area contributed by atoms with Crippen LogP contribution in [0.15, 0.2) is 24.3 Å². The number of nitro groups is 1. The molecule has 1 heterocycles. The van der Waals surface area contributed by atoms with E-state index in [0.717, 1.165) is 0 Å². The minimum atomic E-state index is -1.09. The zero-order valence-electron chi connectivity index (χ0n) is 14.8. The van der Waals surface area contributed by atoms with Gasteiger partial charge in [0.25, 0.3) is 5.69 Å². The molecule has 1 atom stereocenters. The smallest absolute Gasteiger partial charge is 0.338 e. The molecule has 0 saturated heterocycles. The average molecular weight is 358 g/mol. The molecule has 0 radical (unpaired) electrons. The first-order chi connectivity index (χ1) is 12.1. The fourth-order valence-corrected chi connectivity index (χ4v) is 2.73. The minimum Gasteiger partial charge on any atom is -0.451 e. The minimum absolute atomic E-state index is 0.0964. The third-order valence-corrected chi connectivity index (χ3v) is 4.00. The number of hydrogen-bond donors (Lipinski definition) is 1. The molecule has 1 N–H and O–H groups in total. The Hall–Kier alpha value is -3.29. The number of carbonyl (C=O) groups excluding carboxylic acids is 3. The van der Waals surface area contributed by atoms with Gasteiger partial charge in [-0.3, -0.25) is 19.7 Å². The molecule has 0 spiro atoms. The molecule has 8 heteroatoms. The number of rotatable bonds is 6. The number of H-pyrrole nitrogens is 1. The van der Waals surface area contributed by atoms with Crippen LogP contribution in [0.1, 0.15) is 56.3 Å². The van der Waals surface area contributed by atoms with Crippen molar-refractivity contribution in [1.82, 2.24) is 4.98 Å². The van der Waals surface area contributed by atoms with Crippen LogP contribution in [0.25, 0.3) is 0 Å². The van der Waals surface area contributed by atoms with Gasteiger partial charge in [-0.2, -0.15) is 0 Å². The van der Waals surface area contributed by atoms with Crippen molar-refractivity contribution in [3.05, 3.63) is 62.5 Å². The summed E-state index contributed by atoms with van der Waals surface area (Å²) >= 11 is 0. The third kappa shape index (κ3) is 3.69. The molecule has 1 aromatic carbocycles. The first kappa shape index (κ1) is 19.0. The van der Waals surface area contributed by atoms with Crippen LogP contribution in [0.4, 0.5) is 5.69 Å². The summed E-state index contributed by atoms with van der Waals surface area (Å²) in [6.45, 7) is 6.18. The van der Waals surface area contributed by atoms with Gasteiger partial charge >= 0.3 is 5.97 Å². The van der Waals surface area contributed by atoms with E-state index in [1.807, 2.05) is 0 Å². The Bertz CT molecular complexity index is 895. The van der Waals surface area contributed by atoms with E-state index in [0.29, 0.717) is 16.8 Å². The molecule has 8 nitrogen and oxygen atoms in total. The number of aryl methyl sites for hydroxylation is 1. The van der Waals surface area contributed by atoms with Crippen molar-refractivity contribution in [3.8, 4) is 0 Å². The van der Waals surface area contributed by atoms with Gasteiger partial charge in [0.05, 0.1) is 16.2 Å². The third-order valence-electron chi connectivity index (χ3n) is 4.00. The number of carbonyl (C=O) groups is 3. The van der Waals surface area contributed by atoms with Crippen molar-refractivity contribution in [2.75, 3.05) is 0 Å². The van der Waals surface area contributed by atoms with Crippen LogP contribution in [0.2, 0.25) is 0 Å². The number of non-ortho nitro benzene ring substituents is 1. The predicted molar refractivity (Wildman–Crippen MR) is 92.6 cm³/mol. The molecular formula is C18H18N2O6. The predicted octanol–water partition coefficient (Wildman–Crippen LogP) is 3.17. The summed E-state index contributed by atoms with van der Waals surface area (Å²) in [7, 11) is 0. The Labute approximate surface area is 149 Å². The normalized spacial score (nSPS) is 11.7. The molecule has 0 aliphatic carbocycles. The van der Waals surface area contributed by atoms with E-state index in [9.17, 15) is 24.5 Å². The SMILES string of the molecule is CC(=O)c1c(C)[nH]c(C(=O)[C@@H](C)OC(=O)c2ccc([N+](=O)[O-])cc2)c1C. The zero-order chi connectivity index (χ0) is 19.6. The summed E-state index contributed by atoms with van der Waals surface area (Å²) in [6, 6.07) is 4.88. The summed E-state index contributed by atoms with van der Waals surface area (Å²) in [4.78, 5) is 49.3. The highest BCUT2D eigenvalue weighted by molar-refractivity contribution is 6.05. The molecular weight excluding hydrogens is 340 g/mol. The van der Waals surface area contributed by atoms with E-state index in [-0.39, 0.29) is 22.7 Å². The van der Waals surface area contributed by atoms with Gasteiger partial charge in [-0.1, -0.05) is 0 Å². The molecule has 136 valence electrons. The Morgan fingerprint density at radius 3 is 2.19 bits per heavy atom. The molecule has 0 fully saturated rings. The van der Waals surface area contributed by atoms with Crippen LogP contribution in [-0.4, -0.2) is 33.5 Å². The number of esters is 1. The lowest BCUT2D eigenvalue weighted by Crippen LogP contribution is -2.25. The highest BCUT2D eigenvalue weighted by Gasteiger charge is 2.26. The number of benzene rings is 1. The van der Waals surface area contributed by atoms with Crippen LogP contribution >= 0.6 is 0 Å². The largest absolute Gasteiger partial charge is 0.451 e. The molecule has 1 aromatic heterocycles. The molecule has 2 aromatic rings. The van der Waals surface area contributed by atoms with Crippen LogP contribution in [-0.2, 0) is 4.74 Å². The van der Waals surface area contributed by atoms with Crippen LogP contribution in [0.5, 0.6) is 0 Å². The number of nitrogens with one attached hydrogen (secondary N) is 1. The maximum atomic E-state index is 12.6. The summed E-state index contributed by atoms with van der Waals surface area (Å²) in [6.07, 6.45) is -1.09. The van der Waals surface area contributed by atoms with E-state index in [2.05, 4.69) is 4.98 Å². The van der Waals surface area contributed by atoms with Gasteiger partial charge in [0, 0.05) is 23.4 Å². The number of Topliss-reactive ketones (excluding diaryl/α,β-unsaturated/α-hetero) is 2. The standard InChI is InChI=1S/C18H18N2O6/c1-9-15(11(3)21)10(2)19-16(9)17(22)12(4)26-18(23)13-5-7-14(8-6-13)20(24)25/h5-8,12,19H,1-4H3/t12-/m1/s1. The quantitative estimate of drug-likeness (QED) is 0.366. The molecule has 0 amide bonds. The molecule has 0 aliphatic rings. The first-order valence-corrected chi connectivity index (χ1v) is 7.83. The number of aromatic nitrogens is 1. The van der Waals surface area contributed by atoms with Gasteiger partial charge in [0.2, 0.25) is 5.78 Å². The number of aromatic amines is 1. The number of hydrogen-bond acceptors (Lipinski definition) is 6. The first-order valence-electron chi connectivity index (χ1n) is 7.83. The number of nitro benzene ring substituents is 1. The van der Waals surface area contributed by atoms with Crippen molar-refractivity contribution < 1.29 is 24.0 Å². The molecule has 0 aliphatic heterocycles. The van der Waals surface area contributed by atoms with Crippen LogP contribution in [0.3, 0.4) is 0 Å². The van der Waals surface area contributed by atoms with Gasteiger partial charge in [0.1, 0.15) is 0 Å². The maximum absolute atomic E-state index is 12.6. The topological polar surface area (TPSA) is 119 Å². The highest BCUT2D eigenvalue weighted by Crippen LogP contribution is 2.21. The Morgan fingerprint density at radius 2 is 1.73 bits per heavy atom. The molecule has 0 saturated carbocycles. The van der Waals surface area contributed by atoms with E-state index < -0.39 is 22.8 Å². The summed E-state index contributed by atoms with van der Waals surface area (Å²) < 4.78 is 5.15. The maximum Gasteiger partial charge on any atom is 0.338 e. The van der Waals surface area contributed by atoms with Crippen LogP contribution in [0, 0.1) is 24.0 Å². The zero-order valence-corrected chi connectivity index (χ0v) is 14.8. The second-order valence-electron chi connectivity index (χ2n) is 5.90. The van der Waals surface area contributed by atoms with Crippen molar-refractivity contribution in [3.63, 3.8) is 0 Å². The molecule has 0 bridgehead atoms. The van der Waals surface area contributed by atoms with Gasteiger partial charge in [-0.05, 0) is 45.4 Å². The van der Waals surface area contributed by atoms with Crippen LogP contribution < -0.4 is 0 Å². The lowest BCUT2D eigenvalue weighted by molar-refractivity contribution is -0.384. The van der Waals surface area contributed by atoms with Gasteiger partial charge in [0.15, 0.2) is 11.9 Å². The van der Waals surface area contributed by atoms with E-state index in [1.165, 1.54) is 38.1 Å². The van der Waals surface area contributed by atoms with E-state index in [1.54, 1.807) is 13.8 Å². The summed E-state index contributed by atoms with van der Waals surface area (Å²) in [5.41, 5.74) is 1.70. The number of ether oxygens (including phenoxy) is 1. The van der Waals surface area contributed by atoms with Gasteiger partial charge in [-0.15, -0.1) is 0 Å². The average Bonchev–Trinajstić information content (AvgIpc) is 2.88. The van der Waals surface area contributed by atoms with Crippen molar-refractivity contribution in [2.24, 2.45) is 0 Å². The van der Waals surface area contributed by atoms with E-state index in [4.69, 9.17) is 4.74 Å². The fourth-order valence-electron chi connectivity index (χ4n) is 2.73. The molecule has 2 rings (SSSR count). The number of ketones is 2. The number of nitrogens with zero attached hydrogens (tertiary/aromatic N) is 1. The highest BCUT2D eigenvalue weighted by atomic mass is 16.6. The van der Waals surface area contributed by atoms with Crippen molar-refractivity contribution in [2.45, 2.75) is 33.8 Å². The lowest BCUT2D eigenvalue weighted by Gasteiger charge is -2.12. The summed E-state index contributed by atoms with van der Waals surface area (Å²) in [5, 5.41) is 10.6. The van der Waals surface area contributed by atoms with E-state index >= 15 is 0 Å². The molecule has 0 unspecified atom stereocenters. The summed E-state index contributed by atoms with van der Waals surface area (Å²) in [5.74, 6) is -1.40. The van der Waals surface area contributed by atoms with Gasteiger partial charge in [-0.25, -0.2) is 4.79 Å². The molecule has 26 heavy (non-hydrogen) atoms.